The highest BCUT2D eigenvalue weighted by Gasteiger charge is 2.23. The molecular formula is C18H32Cl2O4. The second kappa shape index (κ2) is 16.0. The van der Waals surface area contributed by atoms with Crippen LogP contribution in [0.2, 0.25) is 0 Å². The van der Waals surface area contributed by atoms with E-state index in [2.05, 4.69) is 0 Å². The maximum atomic E-state index is 11.0. The Morgan fingerprint density at radius 2 is 1.25 bits per heavy atom. The number of carboxylic acid groups (broad SMARTS) is 2. The van der Waals surface area contributed by atoms with Gasteiger partial charge in [0.1, 0.15) is 0 Å². The van der Waals surface area contributed by atoms with Gasteiger partial charge in [0, 0.05) is 11.3 Å². The van der Waals surface area contributed by atoms with Crippen molar-refractivity contribution < 1.29 is 19.8 Å². The summed E-state index contributed by atoms with van der Waals surface area (Å²) in [6, 6.07) is 0. The van der Waals surface area contributed by atoms with Crippen molar-refractivity contribution in [1.29, 1.82) is 0 Å². The van der Waals surface area contributed by atoms with Gasteiger partial charge in [0.2, 0.25) is 0 Å². The summed E-state index contributed by atoms with van der Waals surface area (Å²) in [7, 11) is 0. The van der Waals surface area contributed by atoms with Gasteiger partial charge in [-0.3, -0.25) is 9.59 Å². The summed E-state index contributed by atoms with van der Waals surface area (Å²) < 4.78 is 0. The zero-order valence-corrected chi connectivity index (χ0v) is 16.0. The summed E-state index contributed by atoms with van der Waals surface area (Å²) in [4.78, 5) is 21.6. The largest absolute Gasteiger partial charge is 0.481 e. The van der Waals surface area contributed by atoms with Gasteiger partial charge in [-0.15, -0.1) is 23.2 Å². The number of unbranched alkanes of at least 4 members (excludes halogenated alkanes) is 9. The molecule has 6 heteroatoms. The Labute approximate surface area is 155 Å². The molecule has 0 aliphatic heterocycles. The number of rotatable bonds is 17. The first kappa shape index (κ1) is 23.5. The standard InChI is InChI=1S/C18H32Cl2O4/c19-12-10-8-6-4-2-1-3-5-7-9-11-16(20)13-15(18(23)24)14-17(21)22/h15-16H,1-14H2,(H,21,22)(H,23,24). The normalized spacial score (nSPS) is 13.6. The average Bonchev–Trinajstić information content (AvgIpc) is 2.51. The number of hydrogen-bond donors (Lipinski definition) is 2. The molecule has 142 valence electrons. The topological polar surface area (TPSA) is 74.6 Å². The molecule has 2 N–H and O–H groups in total. The van der Waals surface area contributed by atoms with Crippen LogP contribution in [0.1, 0.15) is 83.5 Å². The molecule has 0 saturated heterocycles. The molecule has 2 atom stereocenters. The lowest BCUT2D eigenvalue weighted by atomic mass is 9.96. The molecule has 24 heavy (non-hydrogen) atoms. The van der Waals surface area contributed by atoms with Gasteiger partial charge in [-0.1, -0.05) is 57.8 Å². The summed E-state index contributed by atoms with van der Waals surface area (Å²) in [6.07, 6.45) is 12.6. The lowest BCUT2D eigenvalue weighted by molar-refractivity contribution is -0.148. The first-order chi connectivity index (χ1) is 11.5. The zero-order chi connectivity index (χ0) is 18.2. The molecule has 0 radical (unpaired) electrons. The second-order valence-corrected chi connectivity index (χ2v) is 7.47. The van der Waals surface area contributed by atoms with Crippen molar-refractivity contribution >= 4 is 35.1 Å². The van der Waals surface area contributed by atoms with E-state index in [1.807, 2.05) is 0 Å². The number of alkyl halides is 2. The van der Waals surface area contributed by atoms with Crippen LogP contribution in [0, 0.1) is 5.92 Å². The highest BCUT2D eigenvalue weighted by molar-refractivity contribution is 6.20. The molecule has 0 saturated carbocycles. The Morgan fingerprint density at radius 1 is 0.792 bits per heavy atom. The van der Waals surface area contributed by atoms with Gasteiger partial charge in [-0.05, 0) is 19.3 Å². The van der Waals surface area contributed by atoms with Crippen LogP contribution in [0.25, 0.3) is 0 Å². The van der Waals surface area contributed by atoms with Crippen molar-refractivity contribution in [2.24, 2.45) is 5.92 Å². The van der Waals surface area contributed by atoms with Gasteiger partial charge in [0.15, 0.2) is 0 Å². The van der Waals surface area contributed by atoms with E-state index in [1.54, 1.807) is 0 Å². The summed E-state index contributed by atoms with van der Waals surface area (Å²) in [5, 5.41) is 17.5. The van der Waals surface area contributed by atoms with Gasteiger partial charge in [0.05, 0.1) is 12.3 Å². The Bertz CT molecular complexity index is 337. The van der Waals surface area contributed by atoms with Crippen molar-refractivity contribution in [3.05, 3.63) is 0 Å². The fourth-order valence-corrected chi connectivity index (χ4v) is 3.34. The first-order valence-corrected chi connectivity index (χ1v) is 10.1. The number of halogens is 2. The van der Waals surface area contributed by atoms with Crippen LogP contribution in [0.15, 0.2) is 0 Å². The van der Waals surface area contributed by atoms with E-state index in [0.717, 1.165) is 31.6 Å². The molecule has 0 aromatic rings. The van der Waals surface area contributed by atoms with Crippen molar-refractivity contribution in [3.8, 4) is 0 Å². The van der Waals surface area contributed by atoms with Crippen molar-refractivity contribution in [2.45, 2.75) is 88.8 Å². The average molecular weight is 383 g/mol. The molecule has 0 amide bonds. The minimum Gasteiger partial charge on any atom is -0.481 e. The molecule has 0 aromatic carbocycles. The number of hydrogen-bond acceptors (Lipinski definition) is 2. The van der Waals surface area contributed by atoms with Crippen LogP contribution in [0.4, 0.5) is 0 Å². The summed E-state index contributed by atoms with van der Waals surface area (Å²) >= 11 is 11.8. The van der Waals surface area contributed by atoms with Crippen LogP contribution in [-0.4, -0.2) is 33.4 Å². The molecule has 0 bridgehead atoms. The van der Waals surface area contributed by atoms with E-state index in [0.29, 0.717) is 0 Å². The SMILES string of the molecule is O=C(O)CC(CC(Cl)CCCCCCCCCCCCCl)C(=O)O. The highest BCUT2D eigenvalue weighted by Crippen LogP contribution is 2.21. The van der Waals surface area contributed by atoms with Crippen LogP contribution in [0.3, 0.4) is 0 Å². The zero-order valence-electron chi connectivity index (χ0n) is 14.5. The van der Waals surface area contributed by atoms with Gasteiger partial charge < -0.3 is 10.2 Å². The molecule has 0 aliphatic rings. The highest BCUT2D eigenvalue weighted by atomic mass is 35.5. The van der Waals surface area contributed by atoms with Gasteiger partial charge in [-0.2, -0.15) is 0 Å². The second-order valence-electron chi connectivity index (χ2n) is 6.48. The molecule has 0 spiro atoms. The van der Waals surface area contributed by atoms with Gasteiger partial charge in [-0.25, -0.2) is 0 Å². The molecule has 2 unspecified atom stereocenters. The summed E-state index contributed by atoms with van der Waals surface area (Å²) in [6.45, 7) is 0. The van der Waals surface area contributed by atoms with Crippen molar-refractivity contribution in [3.63, 3.8) is 0 Å². The maximum absolute atomic E-state index is 11.0. The van der Waals surface area contributed by atoms with E-state index >= 15 is 0 Å². The van der Waals surface area contributed by atoms with Crippen LogP contribution >= 0.6 is 23.2 Å². The van der Waals surface area contributed by atoms with Gasteiger partial charge in [0.25, 0.3) is 0 Å². The Morgan fingerprint density at radius 3 is 1.67 bits per heavy atom. The third-order valence-corrected chi connectivity index (χ3v) is 4.88. The number of carboxylic acids is 2. The summed E-state index contributed by atoms with van der Waals surface area (Å²) in [5.74, 6) is -2.28. The summed E-state index contributed by atoms with van der Waals surface area (Å²) in [5.41, 5.74) is 0. The van der Waals surface area contributed by atoms with Crippen molar-refractivity contribution in [2.75, 3.05) is 5.88 Å². The maximum Gasteiger partial charge on any atom is 0.307 e. The quantitative estimate of drug-likeness (QED) is 0.250. The Hall–Kier alpha value is -0.480. The minimum absolute atomic E-state index is 0.228. The Kier molecular flexibility index (Phi) is 15.7. The lowest BCUT2D eigenvalue weighted by Gasteiger charge is -2.14. The predicted octanol–water partition coefficient (Wildman–Crippen LogP) is 5.69. The third-order valence-electron chi connectivity index (χ3n) is 4.21. The fraction of sp³-hybridized carbons (Fsp3) is 0.889. The molecule has 0 aliphatic carbocycles. The smallest absolute Gasteiger partial charge is 0.307 e. The van der Waals surface area contributed by atoms with E-state index in [-0.39, 0.29) is 18.2 Å². The fourth-order valence-electron chi connectivity index (χ4n) is 2.78. The van der Waals surface area contributed by atoms with Crippen LogP contribution in [-0.2, 0) is 9.59 Å². The molecule has 0 rings (SSSR count). The van der Waals surface area contributed by atoms with E-state index in [1.165, 1.54) is 44.9 Å². The van der Waals surface area contributed by atoms with E-state index < -0.39 is 17.9 Å². The van der Waals surface area contributed by atoms with Crippen LogP contribution in [0.5, 0.6) is 0 Å². The lowest BCUT2D eigenvalue weighted by Crippen LogP contribution is -2.21. The van der Waals surface area contributed by atoms with Crippen molar-refractivity contribution in [1.82, 2.24) is 0 Å². The molecule has 0 aromatic heterocycles. The Balaban J connectivity index is 3.52. The third kappa shape index (κ3) is 15.1. The van der Waals surface area contributed by atoms with E-state index in [9.17, 15) is 9.59 Å². The minimum atomic E-state index is -1.09. The monoisotopic (exact) mass is 382 g/mol. The number of aliphatic carboxylic acids is 2. The molecular weight excluding hydrogens is 351 g/mol. The predicted molar refractivity (Wildman–Crippen MR) is 99.1 cm³/mol. The molecule has 0 fully saturated rings. The van der Waals surface area contributed by atoms with E-state index in [4.69, 9.17) is 33.4 Å². The molecule has 4 nitrogen and oxygen atoms in total. The molecule has 0 heterocycles. The van der Waals surface area contributed by atoms with Gasteiger partial charge >= 0.3 is 11.9 Å². The number of carbonyl (C=O) groups is 2. The first-order valence-electron chi connectivity index (χ1n) is 9.12. The van der Waals surface area contributed by atoms with Crippen LogP contribution < -0.4 is 0 Å².